The summed E-state index contributed by atoms with van der Waals surface area (Å²) in [6.07, 6.45) is 6.17. The number of likely N-dealkylation sites (N-methyl/N-ethyl adjacent to an activating group) is 1. The first-order chi connectivity index (χ1) is 16.3. The van der Waals surface area contributed by atoms with Gasteiger partial charge in [-0.05, 0) is 87.7 Å². The number of carbonyl (C=O) groups is 3. The summed E-state index contributed by atoms with van der Waals surface area (Å²) in [6.45, 7) is 3.64. The summed E-state index contributed by atoms with van der Waals surface area (Å²) in [5.41, 5.74) is 1.33. The van der Waals surface area contributed by atoms with E-state index in [4.69, 9.17) is 0 Å². The average Bonchev–Trinajstić information content (AvgIpc) is 3.32. The molecular formula is C26H36N4O4. The number of likely N-dealkylation sites (tertiary alicyclic amines) is 2. The van der Waals surface area contributed by atoms with Crippen LogP contribution in [0.25, 0.3) is 10.9 Å². The lowest BCUT2D eigenvalue weighted by atomic mass is 9.79. The third kappa shape index (κ3) is 5.43. The fourth-order valence-electron chi connectivity index (χ4n) is 5.57. The number of benzene rings is 1. The molecule has 3 heterocycles. The fourth-order valence-corrected chi connectivity index (χ4v) is 5.57. The number of fused-ring (bicyclic) bond motifs is 1. The molecule has 2 aromatic rings. The zero-order valence-corrected chi connectivity index (χ0v) is 20.2. The van der Waals surface area contributed by atoms with Crippen LogP contribution in [-0.2, 0) is 9.59 Å². The Bertz CT molecular complexity index is 1020. The van der Waals surface area contributed by atoms with Crippen LogP contribution in [0.4, 0.5) is 0 Å². The van der Waals surface area contributed by atoms with Crippen LogP contribution in [0, 0.1) is 11.8 Å². The first-order valence-corrected chi connectivity index (χ1v) is 12.4. The predicted molar refractivity (Wildman–Crippen MR) is 131 cm³/mol. The smallest absolute Gasteiger partial charge is 0.303 e. The van der Waals surface area contributed by atoms with Gasteiger partial charge in [-0.1, -0.05) is 6.07 Å². The molecule has 0 bridgehead atoms. The van der Waals surface area contributed by atoms with Gasteiger partial charge in [-0.2, -0.15) is 0 Å². The van der Waals surface area contributed by atoms with E-state index in [9.17, 15) is 19.5 Å². The van der Waals surface area contributed by atoms with Crippen molar-refractivity contribution in [2.75, 3.05) is 40.3 Å². The van der Waals surface area contributed by atoms with Gasteiger partial charge in [-0.3, -0.25) is 14.4 Å². The number of aromatic amines is 1. The summed E-state index contributed by atoms with van der Waals surface area (Å²) < 4.78 is 0. The van der Waals surface area contributed by atoms with Crippen molar-refractivity contribution in [3.05, 3.63) is 36.0 Å². The summed E-state index contributed by atoms with van der Waals surface area (Å²) in [4.78, 5) is 46.8. The molecule has 2 aliphatic rings. The highest BCUT2D eigenvalue weighted by Gasteiger charge is 2.35. The Morgan fingerprint density at radius 3 is 2.35 bits per heavy atom. The molecular weight excluding hydrogens is 432 g/mol. The number of amides is 2. The Hall–Kier alpha value is -2.87. The minimum Gasteiger partial charge on any atom is -0.481 e. The maximum atomic E-state index is 13.5. The van der Waals surface area contributed by atoms with Crippen LogP contribution in [0.3, 0.4) is 0 Å². The van der Waals surface area contributed by atoms with E-state index in [0.29, 0.717) is 24.6 Å². The number of carbonyl (C=O) groups excluding carboxylic acids is 2. The molecule has 8 heteroatoms. The van der Waals surface area contributed by atoms with Crippen LogP contribution < -0.4 is 0 Å². The van der Waals surface area contributed by atoms with Crippen LogP contribution in [0.5, 0.6) is 0 Å². The van der Waals surface area contributed by atoms with E-state index in [1.807, 2.05) is 23.2 Å². The largest absolute Gasteiger partial charge is 0.481 e. The van der Waals surface area contributed by atoms with Crippen LogP contribution in [0.1, 0.15) is 48.9 Å². The Morgan fingerprint density at radius 2 is 1.71 bits per heavy atom. The molecule has 0 unspecified atom stereocenters. The number of H-pyrrole nitrogens is 1. The van der Waals surface area contributed by atoms with Crippen LogP contribution in [-0.4, -0.2) is 88.9 Å². The molecule has 2 N–H and O–H groups in total. The highest BCUT2D eigenvalue weighted by molar-refractivity contribution is 6.00. The number of carboxylic acids is 1. The molecule has 0 spiro atoms. The number of nitrogens with zero attached hydrogens (tertiary/aromatic N) is 3. The van der Waals surface area contributed by atoms with E-state index in [2.05, 4.69) is 16.9 Å². The molecule has 184 valence electrons. The normalized spacial score (nSPS) is 19.3. The molecule has 0 aliphatic carbocycles. The maximum absolute atomic E-state index is 13.5. The number of hydrogen-bond donors (Lipinski definition) is 2. The second-order valence-corrected chi connectivity index (χ2v) is 9.95. The Balaban J connectivity index is 1.42. The number of aromatic nitrogens is 1. The molecule has 0 saturated carbocycles. The molecule has 8 nitrogen and oxygen atoms in total. The molecule has 1 atom stereocenters. The average molecular weight is 469 g/mol. The zero-order chi connectivity index (χ0) is 24.2. The third-order valence-corrected chi connectivity index (χ3v) is 7.79. The standard InChI is InChI=1S/C26H36N4O4/c1-28-13-8-18(9-14-28)19-10-15-30(16-11-19)26(34)23(5-6-24(31)32)29(2)25(33)21-4-3-20-7-12-27-22(20)17-21/h3-4,7,12,17-19,23,27H,5-6,8-11,13-16H2,1-2H3,(H,31,32)/t23-/m1/s1. The monoisotopic (exact) mass is 468 g/mol. The minimum atomic E-state index is -0.965. The van der Waals surface area contributed by atoms with E-state index in [0.717, 1.165) is 42.8 Å². The third-order valence-electron chi connectivity index (χ3n) is 7.79. The van der Waals surface area contributed by atoms with Gasteiger partial charge < -0.3 is 24.8 Å². The second-order valence-electron chi connectivity index (χ2n) is 9.95. The van der Waals surface area contributed by atoms with Crippen molar-refractivity contribution in [1.29, 1.82) is 0 Å². The molecule has 4 rings (SSSR count). The summed E-state index contributed by atoms with van der Waals surface area (Å²) in [5.74, 6) is -0.0146. The van der Waals surface area contributed by atoms with E-state index >= 15 is 0 Å². The van der Waals surface area contributed by atoms with E-state index in [-0.39, 0.29) is 24.7 Å². The first kappa shape index (κ1) is 24.3. The van der Waals surface area contributed by atoms with E-state index in [1.165, 1.54) is 17.7 Å². The van der Waals surface area contributed by atoms with Gasteiger partial charge in [0.2, 0.25) is 5.91 Å². The van der Waals surface area contributed by atoms with Gasteiger partial charge in [0, 0.05) is 43.8 Å². The maximum Gasteiger partial charge on any atom is 0.303 e. The lowest BCUT2D eigenvalue weighted by Crippen LogP contribution is -2.52. The summed E-state index contributed by atoms with van der Waals surface area (Å²) in [6, 6.07) is 6.54. The van der Waals surface area contributed by atoms with Crippen molar-refractivity contribution in [2.24, 2.45) is 11.8 Å². The lowest BCUT2D eigenvalue weighted by Gasteiger charge is -2.41. The van der Waals surface area contributed by atoms with Crippen LogP contribution >= 0.6 is 0 Å². The molecule has 2 fully saturated rings. The van der Waals surface area contributed by atoms with Crippen molar-refractivity contribution in [2.45, 2.75) is 44.6 Å². The van der Waals surface area contributed by atoms with Gasteiger partial charge in [0.15, 0.2) is 0 Å². The topological polar surface area (TPSA) is 96.9 Å². The molecule has 0 radical (unpaired) electrons. The summed E-state index contributed by atoms with van der Waals surface area (Å²) in [5, 5.41) is 10.3. The number of nitrogens with one attached hydrogen (secondary N) is 1. The van der Waals surface area contributed by atoms with Crippen LogP contribution in [0.2, 0.25) is 0 Å². The van der Waals surface area contributed by atoms with Gasteiger partial charge in [-0.15, -0.1) is 0 Å². The van der Waals surface area contributed by atoms with Gasteiger partial charge >= 0.3 is 5.97 Å². The quantitative estimate of drug-likeness (QED) is 0.651. The van der Waals surface area contributed by atoms with Crippen molar-refractivity contribution >= 4 is 28.7 Å². The summed E-state index contributed by atoms with van der Waals surface area (Å²) in [7, 11) is 3.78. The summed E-state index contributed by atoms with van der Waals surface area (Å²) >= 11 is 0. The molecule has 1 aromatic carbocycles. The molecule has 2 aliphatic heterocycles. The fraction of sp³-hybridized carbons (Fsp3) is 0.577. The molecule has 1 aromatic heterocycles. The number of carboxylic acid groups (broad SMARTS) is 1. The number of rotatable bonds is 7. The van der Waals surface area contributed by atoms with Crippen LogP contribution in [0.15, 0.2) is 30.5 Å². The van der Waals surface area contributed by atoms with Gasteiger partial charge in [0.25, 0.3) is 5.91 Å². The van der Waals surface area contributed by atoms with E-state index in [1.54, 1.807) is 19.2 Å². The Morgan fingerprint density at radius 1 is 1.06 bits per heavy atom. The minimum absolute atomic E-state index is 0.107. The second kappa shape index (κ2) is 10.6. The SMILES string of the molecule is CN1CCC(C2CCN(C(=O)[C@@H](CCC(=O)O)N(C)C(=O)c3ccc4cc[nH]c4c3)CC2)CC1. The van der Waals surface area contributed by atoms with Crippen molar-refractivity contribution in [1.82, 2.24) is 19.7 Å². The Kier molecular flexibility index (Phi) is 7.56. The highest BCUT2D eigenvalue weighted by atomic mass is 16.4. The van der Waals surface area contributed by atoms with Gasteiger partial charge in [-0.25, -0.2) is 0 Å². The molecule has 34 heavy (non-hydrogen) atoms. The number of aliphatic carboxylic acids is 1. The predicted octanol–water partition coefficient (Wildman–Crippen LogP) is 3.05. The van der Waals surface area contributed by atoms with E-state index < -0.39 is 12.0 Å². The van der Waals surface area contributed by atoms with Gasteiger partial charge in [0.05, 0.1) is 0 Å². The first-order valence-electron chi connectivity index (χ1n) is 12.4. The van der Waals surface area contributed by atoms with Crippen molar-refractivity contribution < 1.29 is 19.5 Å². The molecule has 2 amide bonds. The zero-order valence-electron chi connectivity index (χ0n) is 20.2. The Labute approximate surface area is 200 Å². The highest BCUT2D eigenvalue weighted by Crippen LogP contribution is 2.32. The molecule has 2 saturated heterocycles. The number of hydrogen-bond acceptors (Lipinski definition) is 4. The number of piperidine rings is 2. The van der Waals surface area contributed by atoms with Gasteiger partial charge in [0.1, 0.15) is 6.04 Å². The lowest BCUT2D eigenvalue weighted by molar-refractivity contribution is -0.140. The van der Waals surface area contributed by atoms with Crippen molar-refractivity contribution in [3.8, 4) is 0 Å². The van der Waals surface area contributed by atoms with Crippen molar-refractivity contribution in [3.63, 3.8) is 0 Å².